The average molecular weight is 440 g/mol. The van der Waals surface area contributed by atoms with E-state index in [0.717, 1.165) is 16.7 Å². The molecule has 0 unspecified atom stereocenters. The van der Waals surface area contributed by atoms with Crippen molar-refractivity contribution in [2.45, 2.75) is 6.92 Å². The number of nitrogens with zero attached hydrogens (tertiary/aromatic N) is 1. The van der Waals surface area contributed by atoms with E-state index in [1.54, 1.807) is 25.1 Å². The Bertz CT molecular complexity index is 1250. The minimum absolute atomic E-state index is 0.154. The van der Waals surface area contributed by atoms with Crippen LogP contribution in [0, 0.1) is 0 Å². The summed E-state index contributed by atoms with van der Waals surface area (Å²) in [6.07, 6.45) is 0. The van der Waals surface area contributed by atoms with E-state index < -0.39 is 0 Å². The van der Waals surface area contributed by atoms with E-state index in [1.807, 2.05) is 78.2 Å². The molecular formula is C26H21N3O2S. The number of amides is 2. The monoisotopic (exact) mass is 439 g/mol. The van der Waals surface area contributed by atoms with Gasteiger partial charge in [0.1, 0.15) is 0 Å². The van der Waals surface area contributed by atoms with Gasteiger partial charge in [0, 0.05) is 11.3 Å². The molecule has 2 amide bonds. The highest BCUT2D eigenvalue weighted by Crippen LogP contribution is 2.19. The van der Waals surface area contributed by atoms with Crippen LogP contribution in [0.15, 0.2) is 101 Å². The van der Waals surface area contributed by atoms with Crippen LogP contribution in [0.3, 0.4) is 0 Å². The zero-order valence-electron chi connectivity index (χ0n) is 17.4. The summed E-state index contributed by atoms with van der Waals surface area (Å²) in [5.74, 6) is -0.440. The number of hydrogen-bond acceptors (Lipinski definition) is 4. The molecule has 1 heterocycles. The Hall–Kier alpha value is -4.03. The molecule has 0 saturated heterocycles. The second-order valence-electron chi connectivity index (χ2n) is 7.09. The van der Waals surface area contributed by atoms with Gasteiger partial charge in [0.15, 0.2) is 0 Å². The number of carbonyl (C=O) groups is 2. The van der Waals surface area contributed by atoms with Crippen molar-refractivity contribution in [2.75, 3.05) is 5.32 Å². The fourth-order valence-corrected chi connectivity index (χ4v) is 3.75. The second kappa shape index (κ2) is 9.85. The SMILES string of the molecule is C/C(=N\NC(=O)c1ccc(-c2ccccc2)cc1)c1cccc(NC(=O)c2cccs2)c1. The van der Waals surface area contributed by atoms with Crippen LogP contribution in [0.4, 0.5) is 5.69 Å². The topological polar surface area (TPSA) is 70.6 Å². The number of benzene rings is 3. The van der Waals surface area contributed by atoms with E-state index >= 15 is 0 Å². The number of rotatable bonds is 6. The molecule has 0 saturated carbocycles. The number of thiophene rings is 1. The molecule has 0 radical (unpaired) electrons. The molecule has 0 aliphatic rings. The fraction of sp³-hybridized carbons (Fsp3) is 0.0385. The smallest absolute Gasteiger partial charge is 0.271 e. The Balaban J connectivity index is 1.41. The largest absolute Gasteiger partial charge is 0.321 e. The van der Waals surface area contributed by atoms with Gasteiger partial charge in [-0.05, 0) is 59.3 Å². The van der Waals surface area contributed by atoms with Gasteiger partial charge < -0.3 is 5.32 Å². The minimum atomic E-state index is -0.286. The van der Waals surface area contributed by atoms with Crippen molar-refractivity contribution in [3.63, 3.8) is 0 Å². The molecule has 0 spiro atoms. The summed E-state index contributed by atoms with van der Waals surface area (Å²) < 4.78 is 0. The Morgan fingerprint density at radius 1 is 0.750 bits per heavy atom. The van der Waals surface area contributed by atoms with E-state index in [2.05, 4.69) is 15.8 Å². The highest BCUT2D eigenvalue weighted by atomic mass is 32.1. The Morgan fingerprint density at radius 3 is 2.22 bits per heavy atom. The van der Waals surface area contributed by atoms with E-state index in [-0.39, 0.29) is 11.8 Å². The van der Waals surface area contributed by atoms with Crippen LogP contribution < -0.4 is 10.7 Å². The summed E-state index contributed by atoms with van der Waals surface area (Å²) in [6, 6.07) is 28.4. The van der Waals surface area contributed by atoms with Gasteiger partial charge in [-0.3, -0.25) is 9.59 Å². The molecule has 2 N–H and O–H groups in total. The standard InChI is InChI=1S/C26H21N3O2S/c1-18(22-9-5-10-23(17-22)27-26(31)24-11-6-16-32-24)28-29-25(30)21-14-12-20(13-15-21)19-7-3-2-4-8-19/h2-17H,1H3,(H,27,31)(H,29,30)/b28-18+. The summed E-state index contributed by atoms with van der Waals surface area (Å²) in [6.45, 7) is 1.80. The van der Waals surface area contributed by atoms with E-state index in [9.17, 15) is 9.59 Å². The Morgan fingerprint density at radius 2 is 1.50 bits per heavy atom. The summed E-state index contributed by atoms with van der Waals surface area (Å²) in [5.41, 5.74) is 7.37. The zero-order chi connectivity index (χ0) is 22.3. The van der Waals surface area contributed by atoms with Crippen molar-refractivity contribution in [1.29, 1.82) is 0 Å². The molecule has 3 aromatic carbocycles. The van der Waals surface area contributed by atoms with Gasteiger partial charge in [0.25, 0.3) is 11.8 Å². The van der Waals surface area contributed by atoms with Crippen LogP contribution in [0.5, 0.6) is 0 Å². The highest BCUT2D eigenvalue weighted by Gasteiger charge is 2.09. The molecule has 4 rings (SSSR count). The van der Waals surface area contributed by atoms with E-state index in [1.165, 1.54) is 11.3 Å². The Kier molecular flexibility index (Phi) is 6.53. The normalized spacial score (nSPS) is 11.1. The predicted molar refractivity (Wildman–Crippen MR) is 130 cm³/mol. The van der Waals surface area contributed by atoms with Crippen molar-refractivity contribution in [3.8, 4) is 11.1 Å². The van der Waals surface area contributed by atoms with Gasteiger partial charge in [-0.1, -0.05) is 60.7 Å². The molecule has 158 valence electrons. The first kappa shape index (κ1) is 21.2. The number of nitrogens with one attached hydrogen (secondary N) is 2. The molecule has 0 bridgehead atoms. The molecule has 0 aliphatic carbocycles. The lowest BCUT2D eigenvalue weighted by Gasteiger charge is -2.07. The van der Waals surface area contributed by atoms with Crippen LogP contribution >= 0.6 is 11.3 Å². The zero-order valence-corrected chi connectivity index (χ0v) is 18.2. The van der Waals surface area contributed by atoms with Crippen molar-refractivity contribution < 1.29 is 9.59 Å². The fourth-order valence-electron chi connectivity index (χ4n) is 3.13. The molecule has 1 aromatic heterocycles. The maximum absolute atomic E-state index is 12.5. The molecule has 0 fully saturated rings. The molecule has 0 aliphatic heterocycles. The third-order valence-corrected chi connectivity index (χ3v) is 5.73. The highest BCUT2D eigenvalue weighted by molar-refractivity contribution is 7.12. The number of hydrogen-bond donors (Lipinski definition) is 2. The second-order valence-corrected chi connectivity index (χ2v) is 8.04. The maximum Gasteiger partial charge on any atom is 0.271 e. The van der Waals surface area contributed by atoms with Crippen LogP contribution in [-0.2, 0) is 0 Å². The maximum atomic E-state index is 12.5. The average Bonchev–Trinajstić information content (AvgIpc) is 3.38. The van der Waals surface area contributed by atoms with Gasteiger partial charge in [-0.2, -0.15) is 5.10 Å². The van der Waals surface area contributed by atoms with E-state index in [4.69, 9.17) is 0 Å². The van der Waals surface area contributed by atoms with Crippen LogP contribution in [0.1, 0.15) is 32.5 Å². The van der Waals surface area contributed by atoms with Gasteiger partial charge in [0.2, 0.25) is 0 Å². The summed E-state index contributed by atoms with van der Waals surface area (Å²) in [7, 11) is 0. The van der Waals surface area contributed by atoms with Crippen molar-refractivity contribution in [3.05, 3.63) is 112 Å². The number of hydrazone groups is 1. The molecule has 4 aromatic rings. The van der Waals surface area contributed by atoms with Crippen molar-refractivity contribution >= 4 is 34.6 Å². The third-order valence-electron chi connectivity index (χ3n) is 4.86. The first-order chi connectivity index (χ1) is 15.6. The summed E-state index contributed by atoms with van der Waals surface area (Å²) in [4.78, 5) is 25.4. The Labute approximate surface area is 190 Å². The van der Waals surface area contributed by atoms with E-state index in [0.29, 0.717) is 21.8 Å². The first-order valence-electron chi connectivity index (χ1n) is 10.1. The van der Waals surface area contributed by atoms with Crippen molar-refractivity contribution in [1.82, 2.24) is 5.43 Å². The predicted octanol–water partition coefficient (Wildman–Crippen LogP) is 5.82. The molecule has 5 nitrogen and oxygen atoms in total. The quantitative estimate of drug-likeness (QED) is 0.293. The molecular weight excluding hydrogens is 418 g/mol. The van der Waals surface area contributed by atoms with Gasteiger partial charge >= 0.3 is 0 Å². The summed E-state index contributed by atoms with van der Waals surface area (Å²) >= 11 is 1.39. The van der Waals surface area contributed by atoms with Crippen LogP contribution in [-0.4, -0.2) is 17.5 Å². The lowest BCUT2D eigenvalue weighted by molar-refractivity contribution is 0.0954. The lowest BCUT2D eigenvalue weighted by Crippen LogP contribution is -2.19. The molecule has 32 heavy (non-hydrogen) atoms. The third kappa shape index (κ3) is 5.17. The van der Waals surface area contributed by atoms with Gasteiger partial charge in [-0.15, -0.1) is 11.3 Å². The lowest BCUT2D eigenvalue weighted by atomic mass is 10.0. The minimum Gasteiger partial charge on any atom is -0.321 e. The number of carbonyl (C=O) groups excluding carboxylic acids is 2. The van der Waals surface area contributed by atoms with Crippen LogP contribution in [0.2, 0.25) is 0 Å². The van der Waals surface area contributed by atoms with Crippen LogP contribution in [0.25, 0.3) is 11.1 Å². The van der Waals surface area contributed by atoms with Gasteiger partial charge in [-0.25, -0.2) is 5.43 Å². The summed E-state index contributed by atoms with van der Waals surface area (Å²) in [5, 5.41) is 8.97. The van der Waals surface area contributed by atoms with Crippen molar-refractivity contribution in [2.24, 2.45) is 5.10 Å². The molecule has 6 heteroatoms. The number of anilines is 1. The molecule has 0 atom stereocenters. The van der Waals surface area contributed by atoms with Gasteiger partial charge in [0.05, 0.1) is 10.6 Å². The first-order valence-corrected chi connectivity index (χ1v) is 10.9.